The van der Waals surface area contributed by atoms with Gasteiger partial charge in [0, 0.05) is 17.8 Å². The van der Waals surface area contributed by atoms with Gasteiger partial charge in [0.1, 0.15) is 5.75 Å². The van der Waals surface area contributed by atoms with Crippen LogP contribution in [0, 0.1) is 10.5 Å². The molecule has 1 aromatic heterocycles. The number of aliphatic carboxylic acids is 1. The van der Waals surface area contributed by atoms with E-state index in [-0.39, 0.29) is 0 Å². The normalized spacial score (nSPS) is 10.7. The lowest BCUT2D eigenvalue weighted by Gasteiger charge is -2.09. The van der Waals surface area contributed by atoms with E-state index in [9.17, 15) is 4.79 Å². The molecule has 2 aromatic rings. The lowest BCUT2D eigenvalue weighted by molar-refractivity contribution is -0.131. The highest BCUT2D eigenvalue weighted by Gasteiger charge is 2.06. The molecule has 0 spiro atoms. The predicted octanol–water partition coefficient (Wildman–Crippen LogP) is 3.88. The first-order chi connectivity index (χ1) is 9.56. The first-order valence-electron chi connectivity index (χ1n) is 5.86. The van der Waals surface area contributed by atoms with Gasteiger partial charge in [0.2, 0.25) is 5.88 Å². The number of hydrogen-bond acceptors (Lipinski definition) is 3. The van der Waals surface area contributed by atoms with Crippen molar-refractivity contribution in [1.82, 2.24) is 4.98 Å². The van der Waals surface area contributed by atoms with Gasteiger partial charge in [-0.3, -0.25) is 0 Å². The number of hydrogen-bond donors (Lipinski definition) is 1. The number of carboxylic acid groups (broad SMARTS) is 1. The second kappa shape index (κ2) is 6.51. The number of nitrogens with zero attached hydrogens (tertiary/aromatic N) is 1. The Hall–Kier alpha value is -1.89. The minimum Gasteiger partial charge on any atom is -0.478 e. The van der Waals surface area contributed by atoms with Crippen LogP contribution in [-0.2, 0) is 4.79 Å². The first-order valence-corrected chi connectivity index (χ1v) is 6.94. The highest BCUT2D eigenvalue weighted by Crippen LogP contribution is 2.27. The van der Waals surface area contributed by atoms with Crippen LogP contribution in [0.1, 0.15) is 11.1 Å². The molecule has 0 bridgehead atoms. The van der Waals surface area contributed by atoms with Crippen LogP contribution in [0.15, 0.2) is 42.6 Å². The number of halogens is 1. The summed E-state index contributed by atoms with van der Waals surface area (Å²) in [6, 6.07) is 9.50. The molecule has 0 saturated heterocycles. The Morgan fingerprint density at radius 1 is 1.40 bits per heavy atom. The number of carbonyl (C=O) groups is 1. The molecular weight excluding hydrogens is 369 g/mol. The topological polar surface area (TPSA) is 59.4 Å². The Kier molecular flexibility index (Phi) is 4.73. The van der Waals surface area contributed by atoms with E-state index in [4.69, 9.17) is 9.84 Å². The molecule has 0 amide bonds. The number of ether oxygens (including phenoxy) is 1. The third-order valence-corrected chi connectivity index (χ3v) is 3.40. The van der Waals surface area contributed by atoms with Crippen LogP contribution in [-0.4, -0.2) is 16.1 Å². The Morgan fingerprint density at radius 2 is 2.15 bits per heavy atom. The number of rotatable bonds is 4. The number of benzene rings is 1. The minimum absolute atomic E-state index is 0.515. The summed E-state index contributed by atoms with van der Waals surface area (Å²) in [5.74, 6) is 0.279. The van der Waals surface area contributed by atoms with E-state index in [2.05, 4.69) is 27.6 Å². The average Bonchev–Trinajstić information content (AvgIpc) is 2.41. The third-order valence-electron chi connectivity index (χ3n) is 2.51. The zero-order valence-corrected chi connectivity index (χ0v) is 12.9. The van der Waals surface area contributed by atoms with Gasteiger partial charge in [0.25, 0.3) is 0 Å². The molecule has 0 aliphatic rings. The summed E-state index contributed by atoms with van der Waals surface area (Å²) < 4.78 is 6.76. The van der Waals surface area contributed by atoms with Crippen molar-refractivity contribution in [2.24, 2.45) is 0 Å². The smallest absolute Gasteiger partial charge is 0.328 e. The standard InChI is InChI=1S/C15H12INO3/c1-10-8-11(6-7-14(18)19)9-17-15(10)20-13-5-3-2-4-12(13)16/h2-9H,1H3,(H,18,19)/b7-6+. The highest BCUT2D eigenvalue weighted by atomic mass is 127. The lowest BCUT2D eigenvalue weighted by atomic mass is 10.2. The number of aryl methyl sites for hydroxylation is 1. The fourth-order valence-corrected chi connectivity index (χ4v) is 2.08. The zero-order chi connectivity index (χ0) is 14.5. The Morgan fingerprint density at radius 3 is 2.80 bits per heavy atom. The quantitative estimate of drug-likeness (QED) is 0.645. The van der Waals surface area contributed by atoms with Gasteiger partial charge >= 0.3 is 5.97 Å². The molecule has 0 aliphatic heterocycles. The van der Waals surface area contributed by atoms with Gasteiger partial charge in [-0.15, -0.1) is 0 Å². The summed E-state index contributed by atoms with van der Waals surface area (Å²) in [4.78, 5) is 14.7. The molecule has 1 aromatic carbocycles. The second-order valence-corrected chi connectivity index (χ2v) is 5.26. The molecule has 0 saturated carbocycles. The van der Waals surface area contributed by atoms with E-state index in [0.29, 0.717) is 5.88 Å². The van der Waals surface area contributed by atoms with E-state index in [1.807, 2.05) is 37.3 Å². The van der Waals surface area contributed by atoms with Crippen LogP contribution in [0.4, 0.5) is 0 Å². The van der Waals surface area contributed by atoms with E-state index in [1.165, 1.54) is 6.08 Å². The molecule has 5 heteroatoms. The van der Waals surface area contributed by atoms with Crippen molar-refractivity contribution in [3.8, 4) is 11.6 Å². The molecule has 1 N–H and O–H groups in total. The van der Waals surface area contributed by atoms with Crippen molar-refractivity contribution < 1.29 is 14.6 Å². The summed E-state index contributed by atoms with van der Waals surface area (Å²) >= 11 is 2.20. The monoisotopic (exact) mass is 381 g/mol. The van der Waals surface area contributed by atoms with E-state index in [0.717, 1.165) is 26.5 Å². The molecule has 1 heterocycles. The van der Waals surface area contributed by atoms with Gasteiger partial charge in [-0.1, -0.05) is 12.1 Å². The molecule has 2 rings (SSSR count). The number of pyridine rings is 1. The van der Waals surface area contributed by atoms with Gasteiger partial charge in [-0.25, -0.2) is 9.78 Å². The summed E-state index contributed by atoms with van der Waals surface area (Å²) in [6.07, 6.45) is 4.16. The van der Waals surface area contributed by atoms with Crippen molar-refractivity contribution in [3.63, 3.8) is 0 Å². The summed E-state index contributed by atoms with van der Waals surface area (Å²) in [6.45, 7) is 1.87. The van der Waals surface area contributed by atoms with Crippen LogP contribution < -0.4 is 4.74 Å². The van der Waals surface area contributed by atoms with Gasteiger partial charge in [-0.05, 0) is 59.4 Å². The number of aromatic nitrogens is 1. The molecular formula is C15H12INO3. The van der Waals surface area contributed by atoms with Crippen LogP contribution in [0.3, 0.4) is 0 Å². The van der Waals surface area contributed by atoms with Gasteiger partial charge in [0.15, 0.2) is 0 Å². The minimum atomic E-state index is -0.984. The van der Waals surface area contributed by atoms with Crippen LogP contribution in [0.2, 0.25) is 0 Å². The second-order valence-electron chi connectivity index (χ2n) is 4.09. The van der Waals surface area contributed by atoms with E-state index < -0.39 is 5.97 Å². The highest BCUT2D eigenvalue weighted by molar-refractivity contribution is 14.1. The van der Waals surface area contributed by atoms with Crippen LogP contribution >= 0.6 is 22.6 Å². The Labute approximate surface area is 130 Å². The fraction of sp³-hybridized carbons (Fsp3) is 0.0667. The maximum absolute atomic E-state index is 10.5. The first kappa shape index (κ1) is 14.5. The molecule has 102 valence electrons. The van der Waals surface area contributed by atoms with Crippen molar-refractivity contribution in [2.45, 2.75) is 6.92 Å². The van der Waals surface area contributed by atoms with Crippen molar-refractivity contribution in [2.75, 3.05) is 0 Å². The van der Waals surface area contributed by atoms with Crippen LogP contribution in [0.25, 0.3) is 6.08 Å². The maximum Gasteiger partial charge on any atom is 0.328 e. The Bertz CT molecular complexity index is 668. The molecule has 20 heavy (non-hydrogen) atoms. The van der Waals surface area contributed by atoms with Gasteiger partial charge < -0.3 is 9.84 Å². The molecule has 0 fully saturated rings. The molecule has 0 unspecified atom stereocenters. The average molecular weight is 381 g/mol. The van der Waals surface area contributed by atoms with Gasteiger partial charge in [-0.2, -0.15) is 0 Å². The fourth-order valence-electron chi connectivity index (χ4n) is 1.58. The molecule has 4 nitrogen and oxygen atoms in total. The molecule has 0 aliphatic carbocycles. The SMILES string of the molecule is Cc1cc(/C=C/C(=O)O)cnc1Oc1ccccc1I. The number of carboxylic acids is 1. The van der Waals surface area contributed by atoms with E-state index in [1.54, 1.807) is 6.20 Å². The van der Waals surface area contributed by atoms with Crippen molar-refractivity contribution in [3.05, 3.63) is 57.3 Å². The van der Waals surface area contributed by atoms with Crippen molar-refractivity contribution >= 4 is 34.6 Å². The molecule has 0 radical (unpaired) electrons. The maximum atomic E-state index is 10.5. The molecule has 0 atom stereocenters. The zero-order valence-electron chi connectivity index (χ0n) is 10.7. The summed E-state index contributed by atoms with van der Waals surface area (Å²) in [7, 11) is 0. The Balaban J connectivity index is 2.22. The summed E-state index contributed by atoms with van der Waals surface area (Å²) in [5.41, 5.74) is 1.57. The van der Waals surface area contributed by atoms with E-state index >= 15 is 0 Å². The predicted molar refractivity (Wildman–Crippen MR) is 84.9 cm³/mol. The third kappa shape index (κ3) is 3.80. The van der Waals surface area contributed by atoms with Crippen LogP contribution in [0.5, 0.6) is 11.6 Å². The van der Waals surface area contributed by atoms with Gasteiger partial charge in [0.05, 0.1) is 3.57 Å². The number of para-hydroxylation sites is 1. The lowest BCUT2D eigenvalue weighted by Crippen LogP contribution is -1.94. The summed E-state index contributed by atoms with van der Waals surface area (Å²) in [5, 5.41) is 8.59. The largest absolute Gasteiger partial charge is 0.478 e. The van der Waals surface area contributed by atoms with Crippen molar-refractivity contribution in [1.29, 1.82) is 0 Å².